The van der Waals surface area contributed by atoms with Gasteiger partial charge in [-0.3, -0.25) is 4.79 Å². The van der Waals surface area contributed by atoms with Crippen molar-refractivity contribution in [2.45, 2.75) is 6.61 Å². The van der Waals surface area contributed by atoms with Crippen LogP contribution in [0.2, 0.25) is 0 Å². The van der Waals surface area contributed by atoms with E-state index in [0.29, 0.717) is 28.8 Å². The summed E-state index contributed by atoms with van der Waals surface area (Å²) < 4.78 is 5.78. The summed E-state index contributed by atoms with van der Waals surface area (Å²) in [5.41, 5.74) is 6.84. The molecule has 2 aromatic carbocycles. The Kier molecular flexibility index (Phi) is 5.46. The first-order valence-corrected chi connectivity index (χ1v) is 8.29. The molecule has 0 aliphatic carbocycles. The number of ether oxygens (including phenoxy) is 1. The number of nitrogen functional groups attached to an aromatic ring is 1. The van der Waals surface area contributed by atoms with Crippen molar-refractivity contribution in [3.8, 4) is 5.75 Å². The molecule has 1 heterocycles. The van der Waals surface area contributed by atoms with Crippen LogP contribution in [0.4, 0.5) is 17.6 Å². The highest BCUT2D eigenvalue weighted by Crippen LogP contribution is 2.21. The highest BCUT2D eigenvalue weighted by molar-refractivity contribution is 6.06. The van der Waals surface area contributed by atoms with Gasteiger partial charge in [-0.25, -0.2) is 0 Å². The smallest absolute Gasteiger partial charge is 0.259 e. The molecule has 1 aromatic heterocycles. The molecule has 0 saturated heterocycles. The highest BCUT2D eigenvalue weighted by Gasteiger charge is 2.14. The predicted octanol–water partition coefficient (Wildman–Crippen LogP) is 2.35. The third kappa shape index (κ3) is 4.69. The lowest BCUT2D eigenvalue weighted by atomic mass is 10.2. The largest absolute Gasteiger partial charge is 0.485 e. The molecule has 0 aliphatic heterocycles. The Labute approximate surface area is 157 Å². The second kappa shape index (κ2) is 8.13. The summed E-state index contributed by atoms with van der Waals surface area (Å²) in [4.78, 5) is 26.7. The van der Waals surface area contributed by atoms with Crippen LogP contribution in [0.3, 0.4) is 0 Å². The number of benzene rings is 2. The van der Waals surface area contributed by atoms with Crippen LogP contribution in [0.15, 0.2) is 54.6 Å². The molecular formula is C19H20N6O2. The number of nitrogens with two attached hydrogens (primary N) is 1. The molecule has 0 atom stereocenters. The minimum atomic E-state index is -0.263. The van der Waals surface area contributed by atoms with Gasteiger partial charge in [0.25, 0.3) is 5.91 Å². The fraction of sp³-hybridized carbons (Fsp3) is 0.158. The molecule has 138 valence electrons. The summed E-state index contributed by atoms with van der Waals surface area (Å²) in [6.45, 7) is 0.0587. The molecule has 0 fully saturated rings. The van der Waals surface area contributed by atoms with Crippen LogP contribution < -0.4 is 20.7 Å². The van der Waals surface area contributed by atoms with E-state index >= 15 is 0 Å². The molecule has 3 rings (SSSR count). The molecule has 0 bridgehead atoms. The van der Waals surface area contributed by atoms with Gasteiger partial charge in [0, 0.05) is 19.8 Å². The van der Waals surface area contributed by atoms with E-state index in [4.69, 9.17) is 10.5 Å². The summed E-state index contributed by atoms with van der Waals surface area (Å²) in [5, 5.41) is 2.84. The number of amides is 1. The molecule has 3 aromatic rings. The standard InChI is InChI=1S/C19H20N6O2/c1-25(2)19-23-16(22-18(20)24-19)12-27-15-11-7-6-10-14(15)17(26)21-13-8-4-3-5-9-13/h3-11H,12H2,1-2H3,(H,21,26)(H2,20,22,23,24). The minimum Gasteiger partial charge on any atom is -0.485 e. The number of carbonyl (C=O) groups is 1. The van der Waals surface area contributed by atoms with E-state index in [1.165, 1.54) is 0 Å². The monoisotopic (exact) mass is 364 g/mol. The second-order valence-corrected chi connectivity index (χ2v) is 5.91. The quantitative estimate of drug-likeness (QED) is 0.691. The van der Waals surface area contributed by atoms with E-state index in [0.717, 1.165) is 0 Å². The maximum Gasteiger partial charge on any atom is 0.259 e. The molecule has 0 unspecified atom stereocenters. The van der Waals surface area contributed by atoms with E-state index in [1.807, 2.05) is 44.4 Å². The SMILES string of the molecule is CN(C)c1nc(N)nc(COc2ccccc2C(=O)Nc2ccccc2)n1. The van der Waals surface area contributed by atoms with Crippen LogP contribution in [-0.2, 0) is 6.61 Å². The molecule has 27 heavy (non-hydrogen) atoms. The molecule has 3 N–H and O–H groups in total. The van der Waals surface area contributed by atoms with E-state index in [2.05, 4.69) is 20.3 Å². The number of rotatable bonds is 6. The molecule has 0 spiro atoms. The predicted molar refractivity (Wildman–Crippen MR) is 104 cm³/mol. The zero-order valence-corrected chi connectivity index (χ0v) is 15.1. The number of para-hydroxylation sites is 2. The van der Waals surface area contributed by atoms with Crippen LogP contribution in [0.1, 0.15) is 16.2 Å². The lowest BCUT2D eigenvalue weighted by molar-refractivity contribution is 0.102. The van der Waals surface area contributed by atoms with Gasteiger partial charge in [-0.2, -0.15) is 15.0 Å². The van der Waals surface area contributed by atoms with Crippen LogP contribution >= 0.6 is 0 Å². The molecular weight excluding hydrogens is 344 g/mol. The minimum absolute atomic E-state index is 0.0587. The van der Waals surface area contributed by atoms with Crippen molar-refractivity contribution < 1.29 is 9.53 Å². The summed E-state index contributed by atoms with van der Waals surface area (Å²) >= 11 is 0. The lowest BCUT2D eigenvalue weighted by Crippen LogP contribution is -2.17. The number of anilines is 3. The number of carbonyl (C=O) groups excluding carboxylic acids is 1. The Bertz CT molecular complexity index is 930. The van der Waals surface area contributed by atoms with Gasteiger partial charge < -0.3 is 20.7 Å². The Balaban J connectivity index is 1.76. The van der Waals surface area contributed by atoms with Crippen LogP contribution in [0.5, 0.6) is 5.75 Å². The third-order valence-corrected chi connectivity index (χ3v) is 3.61. The first-order valence-electron chi connectivity index (χ1n) is 8.29. The molecule has 0 aliphatic rings. The van der Waals surface area contributed by atoms with Crippen molar-refractivity contribution >= 4 is 23.5 Å². The number of nitrogens with zero attached hydrogens (tertiary/aromatic N) is 4. The van der Waals surface area contributed by atoms with Crippen molar-refractivity contribution in [2.24, 2.45) is 0 Å². The molecule has 8 heteroatoms. The van der Waals surface area contributed by atoms with Gasteiger partial charge in [0.05, 0.1) is 5.56 Å². The van der Waals surface area contributed by atoms with Gasteiger partial charge in [-0.15, -0.1) is 0 Å². The van der Waals surface area contributed by atoms with Gasteiger partial charge in [-0.05, 0) is 24.3 Å². The van der Waals surface area contributed by atoms with E-state index in [-0.39, 0.29) is 18.5 Å². The van der Waals surface area contributed by atoms with Crippen LogP contribution in [-0.4, -0.2) is 35.0 Å². The number of hydrogen-bond donors (Lipinski definition) is 2. The average Bonchev–Trinajstić information content (AvgIpc) is 2.67. The summed E-state index contributed by atoms with van der Waals surface area (Å²) in [5.74, 6) is 1.10. The van der Waals surface area contributed by atoms with Crippen molar-refractivity contribution in [3.05, 3.63) is 66.0 Å². The van der Waals surface area contributed by atoms with Gasteiger partial charge in [0.15, 0.2) is 5.82 Å². The maximum atomic E-state index is 12.6. The maximum absolute atomic E-state index is 12.6. The fourth-order valence-corrected chi connectivity index (χ4v) is 2.33. The Morgan fingerprint density at radius 3 is 2.48 bits per heavy atom. The van der Waals surface area contributed by atoms with Crippen LogP contribution in [0, 0.1) is 0 Å². The normalized spacial score (nSPS) is 10.3. The van der Waals surface area contributed by atoms with E-state index in [1.54, 1.807) is 29.2 Å². The molecule has 0 saturated carbocycles. The molecule has 8 nitrogen and oxygen atoms in total. The molecule has 1 amide bonds. The summed E-state index contributed by atoms with van der Waals surface area (Å²) in [6.07, 6.45) is 0. The van der Waals surface area contributed by atoms with Gasteiger partial charge in [0.2, 0.25) is 11.9 Å². The first kappa shape index (κ1) is 18.1. The zero-order chi connectivity index (χ0) is 19.2. The Morgan fingerprint density at radius 2 is 1.74 bits per heavy atom. The number of hydrogen-bond acceptors (Lipinski definition) is 7. The van der Waals surface area contributed by atoms with Crippen molar-refractivity contribution in [1.29, 1.82) is 0 Å². The van der Waals surface area contributed by atoms with E-state index in [9.17, 15) is 4.79 Å². The topological polar surface area (TPSA) is 106 Å². The van der Waals surface area contributed by atoms with Gasteiger partial charge in [-0.1, -0.05) is 30.3 Å². The van der Waals surface area contributed by atoms with E-state index < -0.39 is 0 Å². The second-order valence-electron chi connectivity index (χ2n) is 5.91. The molecule has 0 radical (unpaired) electrons. The highest BCUT2D eigenvalue weighted by atomic mass is 16.5. The number of nitrogens with one attached hydrogen (secondary N) is 1. The van der Waals surface area contributed by atoms with Crippen molar-refractivity contribution in [2.75, 3.05) is 30.0 Å². The Hall–Kier alpha value is -3.68. The number of aromatic nitrogens is 3. The first-order chi connectivity index (χ1) is 13.0. The van der Waals surface area contributed by atoms with Crippen LogP contribution in [0.25, 0.3) is 0 Å². The Morgan fingerprint density at radius 1 is 1.04 bits per heavy atom. The summed E-state index contributed by atoms with van der Waals surface area (Å²) in [6, 6.07) is 16.2. The lowest BCUT2D eigenvalue weighted by Gasteiger charge is -2.13. The van der Waals surface area contributed by atoms with Gasteiger partial charge in [0.1, 0.15) is 12.4 Å². The van der Waals surface area contributed by atoms with Gasteiger partial charge >= 0.3 is 0 Å². The van der Waals surface area contributed by atoms with Crippen molar-refractivity contribution in [3.63, 3.8) is 0 Å². The zero-order valence-electron chi connectivity index (χ0n) is 15.1. The fourth-order valence-electron chi connectivity index (χ4n) is 2.33. The van der Waals surface area contributed by atoms with Crippen molar-refractivity contribution in [1.82, 2.24) is 15.0 Å². The average molecular weight is 364 g/mol. The summed E-state index contributed by atoms with van der Waals surface area (Å²) in [7, 11) is 3.62. The third-order valence-electron chi connectivity index (χ3n) is 3.61.